The molecule has 0 saturated carbocycles. The largest absolute Gasteiger partial charge is 0.314 e. The molecule has 2 heteroatoms. The van der Waals surface area contributed by atoms with Crippen LogP contribution >= 0.6 is 0 Å². The van der Waals surface area contributed by atoms with Crippen molar-refractivity contribution in [2.75, 3.05) is 20.1 Å². The lowest BCUT2D eigenvalue weighted by molar-refractivity contribution is 0.110. The highest BCUT2D eigenvalue weighted by molar-refractivity contribution is 4.85. The van der Waals surface area contributed by atoms with E-state index in [4.69, 9.17) is 0 Å². The van der Waals surface area contributed by atoms with E-state index in [1.807, 2.05) is 0 Å². The Morgan fingerprint density at radius 1 is 1.27 bits per heavy atom. The number of rotatable bonds is 3. The molecule has 0 amide bonds. The maximum atomic E-state index is 3.29. The van der Waals surface area contributed by atoms with Gasteiger partial charge in [0.05, 0.1) is 0 Å². The lowest BCUT2D eigenvalue weighted by Gasteiger charge is -2.40. The second-order valence-electron chi connectivity index (χ2n) is 3.96. The van der Waals surface area contributed by atoms with E-state index in [-0.39, 0.29) is 0 Å². The molecular formula is C9H20N2. The van der Waals surface area contributed by atoms with Crippen LogP contribution in [0, 0.1) is 5.92 Å². The maximum absolute atomic E-state index is 3.29. The van der Waals surface area contributed by atoms with E-state index in [0.717, 1.165) is 12.0 Å². The molecule has 1 aliphatic heterocycles. The molecule has 1 rings (SSSR count). The Labute approximate surface area is 70.0 Å². The second-order valence-corrected chi connectivity index (χ2v) is 3.96. The van der Waals surface area contributed by atoms with E-state index >= 15 is 0 Å². The molecule has 0 bridgehead atoms. The molecule has 0 radical (unpaired) electrons. The van der Waals surface area contributed by atoms with Gasteiger partial charge in [0.15, 0.2) is 0 Å². The van der Waals surface area contributed by atoms with Gasteiger partial charge in [0.1, 0.15) is 0 Å². The molecule has 0 spiro atoms. The zero-order valence-electron chi connectivity index (χ0n) is 8.09. The van der Waals surface area contributed by atoms with Crippen molar-refractivity contribution < 1.29 is 0 Å². The molecule has 66 valence electrons. The Morgan fingerprint density at radius 2 is 1.82 bits per heavy atom. The molecule has 11 heavy (non-hydrogen) atoms. The van der Waals surface area contributed by atoms with Crippen molar-refractivity contribution in [3.8, 4) is 0 Å². The van der Waals surface area contributed by atoms with Gasteiger partial charge in [-0.2, -0.15) is 0 Å². The fourth-order valence-corrected chi connectivity index (χ4v) is 1.36. The number of nitrogens with zero attached hydrogens (tertiary/aromatic N) is 1. The van der Waals surface area contributed by atoms with Crippen LogP contribution in [0.5, 0.6) is 0 Å². The summed E-state index contributed by atoms with van der Waals surface area (Å²) in [5.74, 6) is 0.764. The summed E-state index contributed by atoms with van der Waals surface area (Å²) in [6.45, 7) is 9.23. The fourth-order valence-electron chi connectivity index (χ4n) is 1.36. The monoisotopic (exact) mass is 156 g/mol. The Kier molecular flexibility index (Phi) is 2.90. The van der Waals surface area contributed by atoms with Crippen LogP contribution in [0.15, 0.2) is 0 Å². The number of likely N-dealkylation sites (N-methyl/N-ethyl adjacent to an activating group) is 1. The van der Waals surface area contributed by atoms with Crippen molar-refractivity contribution in [3.63, 3.8) is 0 Å². The molecule has 0 unspecified atom stereocenters. The Hall–Kier alpha value is -0.0800. The molecule has 2 nitrogen and oxygen atoms in total. The van der Waals surface area contributed by atoms with Crippen LogP contribution in [0.25, 0.3) is 0 Å². The average Bonchev–Trinajstić information content (AvgIpc) is 1.82. The lowest BCUT2D eigenvalue weighted by atomic mass is 10.0. The van der Waals surface area contributed by atoms with Crippen LogP contribution < -0.4 is 5.32 Å². The molecule has 1 heterocycles. The van der Waals surface area contributed by atoms with Gasteiger partial charge in [-0.3, -0.25) is 4.90 Å². The van der Waals surface area contributed by atoms with E-state index < -0.39 is 0 Å². The van der Waals surface area contributed by atoms with Crippen molar-refractivity contribution in [2.45, 2.75) is 32.9 Å². The molecule has 1 N–H and O–H groups in total. The van der Waals surface area contributed by atoms with Gasteiger partial charge in [0.2, 0.25) is 0 Å². The van der Waals surface area contributed by atoms with Crippen molar-refractivity contribution >= 4 is 0 Å². The minimum Gasteiger partial charge on any atom is -0.314 e. The van der Waals surface area contributed by atoms with Gasteiger partial charge >= 0.3 is 0 Å². The average molecular weight is 156 g/mol. The topological polar surface area (TPSA) is 15.3 Å². The highest BCUT2D eigenvalue weighted by Crippen LogP contribution is 2.13. The molecular weight excluding hydrogens is 136 g/mol. The summed E-state index contributed by atoms with van der Waals surface area (Å²) in [4.78, 5) is 2.49. The molecule has 0 aromatic rings. The standard InChI is InChI=1S/C9H20N2/c1-7(2)8(3)11(4)9-5-10-6-9/h7-10H,5-6H2,1-4H3/t8-/m0/s1. The lowest BCUT2D eigenvalue weighted by Crippen LogP contribution is -2.58. The van der Waals surface area contributed by atoms with E-state index in [1.54, 1.807) is 0 Å². The SMILES string of the molecule is CC(C)[C@H](C)N(C)C1CNC1. The first-order valence-corrected chi connectivity index (χ1v) is 4.55. The first-order chi connectivity index (χ1) is 5.13. The minimum absolute atomic E-state index is 0.710. The van der Waals surface area contributed by atoms with Crippen molar-refractivity contribution in [2.24, 2.45) is 5.92 Å². The predicted octanol–water partition coefficient (Wildman–Crippen LogP) is 0.934. The highest BCUT2D eigenvalue weighted by Gasteiger charge is 2.25. The second kappa shape index (κ2) is 3.55. The molecule has 1 saturated heterocycles. The van der Waals surface area contributed by atoms with Gasteiger partial charge in [0, 0.05) is 25.2 Å². The molecule has 1 atom stereocenters. The zero-order valence-corrected chi connectivity index (χ0v) is 8.09. The summed E-state index contributed by atoms with van der Waals surface area (Å²) in [7, 11) is 2.23. The summed E-state index contributed by atoms with van der Waals surface area (Å²) in [5, 5.41) is 3.29. The number of nitrogens with one attached hydrogen (secondary N) is 1. The van der Waals surface area contributed by atoms with Gasteiger partial charge in [-0.15, -0.1) is 0 Å². The van der Waals surface area contributed by atoms with Crippen LogP contribution in [0.4, 0.5) is 0 Å². The Bertz CT molecular complexity index is 119. The van der Waals surface area contributed by atoms with Crippen LogP contribution in [0.2, 0.25) is 0 Å². The number of hydrogen-bond donors (Lipinski definition) is 1. The first kappa shape index (κ1) is 9.01. The normalized spacial score (nSPS) is 22.4. The Morgan fingerprint density at radius 3 is 2.09 bits per heavy atom. The van der Waals surface area contributed by atoms with Crippen molar-refractivity contribution in [1.82, 2.24) is 10.2 Å². The molecule has 0 aliphatic carbocycles. The quantitative estimate of drug-likeness (QED) is 0.654. The van der Waals surface area contributed by atoms with E-state index in [0.29, 0.717) is 6.04 Å². The van der Waals surface area contributed by atoms with Gasteiger partial charge in [0.25, 0.3) is 0 Å². The van der Waals surface area contributed by atoms with Crippen molar-refractivity contribution in [3.05, 3.63) is 0 Å². The van der Waals surface area contributed by atoms with Crippen LogP contribution in [-0.4, -0.2) is 37.1 Å². The third kappa shape index (κ3) is 1.94. The summed E-state index contributed by atoms with van der Waals surface area (Å²) in [5.41, 5.74) is 0. The fraction of sp³-hybridized carbons (Fsp3) is 1.00. The van der Waals surface area contributed by atoms with Crippen molar-refractivity contribution in [1.29, 1.82) is 0 Å². The van der Waals surface area contributed by atoms with Gasteiger partial charge in [-0.1, -0.05) is 13.8 Å². The van der Waals surface area contributed by atoms with Crippen LogP contribution in [-0.2, 0) is 0 Å². The predicted molar refractivity (Wildman–Crippen MR) is 48.7 cm³/mol. The third-order valence-electron chi connectivity index (χ3n) is 2.94. The minimum atomic E-state index is 0.710. The van der Waals surface area contributed by atoms with E-state index in [1.165, 1.54) is 13.1 Å². The molecule has 0 aromatic carbocycles. The summed E-state index contributed by atoms with van der Waals surface area (Å²) >= 11 is 0. The first-order valence-electron chi connectivity index (χ1n) is 4.55. The molecule has 0 aromatic heterocycles. The van der Waals surface area contributed by atoms with Crippen LogP contribution in [0.3, 0.4) is 0 Å². The maximum Gasteiger partial charge on any atom is 0.0345 e. The Balaban J connectivity index is 2.32. The number of hydrogen-bond acceptors (Lipinski definition) is 2. The smallest absolute Gasteiger partial charge is 0.0345 e. The van der Waals surface area contributed by atoms with E-state index in [2.05, 4.69) is 38.0 Å². The molecule has 1 aliphatic rings. The highest BCUT2D eigenvalue weighted by atomic mass is 15.2. The van der Waals surface area contributed by atoms with E-state index in [9.17, 15) is 0 Å². The zero-order chi connectivity index (χ0) is 8.43. The third-order valence-corrected chi connectivity index (χ3v) is 2.94. The molecule has 1 fully saturated rings. The summed E-state index contributed by atoms with van der Waals surface area (Å²) < 4.78 is 0. The summed E-state index contributed by atoms with van der Waals surface area (Å²) in [6, 6.07) is 1.49. The van der Waals surface area contributed by atoms with Gasteiger partial charge in [-0.05, 0) is 19.9 Å². The van der Waals surface area contributed by atoms with Crippen LogP contribution in [0.1, 0.15) is 20.8 Å². The summed E-state index contributed by atoms with van der Waals surface area (Å²) in [6.07, 6.45) is 0. The van der Waals surface area contributed by atoms with Gasteiger partial charge < -0.3 is 5.32 Å². The van der Waals surface area contributed by atoms with Gasteiger partial charge in [-0.25, -0.2) is 0 Å².